The minimum atomic E-state index is 0.159. The molecule has 16 heavy (non-hydrogen) atoms. The van der Waals surface area contributed by atoms with E-state index in [0.29, 0.717) is 5.95 Å². The molecule has 0 spiro atoms. The standard InChI is InChI=1S/C12H14N4/c13-11-14-10(15-16-11)12(6-7-12)8-9-4-2-1-3-5-9/h1-5H,6-8H2,(H3,13,14,15,16). The van der Waals surface area contributed by atoms with Crippen LogP contribution in [0.5, 0.6) is 0 Å². The van der Waals surface area contributed by atoms with Crippen molar-refractivity contribution in [3.05, 3.63) is 41.7 Å². The predicted octanol–water partition coefficient (Wildman–Crippen LogP) is 1.66. The van der Waals surface area contributed by atoms with E-state index in [1.165, 1.54) is 5.56 Å². The Balaban J connectivity index is 1.85. The molecule has 0 radical (unpaired) electrons. The summed E-state index contributed by atoms with van der Waals surface area (Å²) < 4.78 is 0. The number of hydrogen-bond acceptors (Lipinski definition) is 3. The molecule has 0 unspecified atom stereocenters. The van der Waals surface area contributed by atoms with Gasteiger partial charge in [0, 0.05) is 5.41 Å². The second-order valence-electron chi connectivity index (χ2n) is 4.48. The molecule has 0 amide bonds. The van der Waals surface area contributed by atoms with Crippen molar-refractivity contribution in [1.29, 1.82) is 0 Å². The van der Waals surface area contributed by atoms with E-state index in [1.54, 1.807) is 0 Å². The van der Waals surface area contributed by atoms with Crippen molar-refractivity contribution >= 4 is 5.95 Å². The number of benzene rings is 1. The maximum absolute atomic E-state index is 5.54. The predicted molar refractivity (Wildman–Crippen MR) is 61.9 cm³/mol. The lowest BCUT2D eigenvalue weighted by Gasteiger charge is -2.11. The number of aromatic nitrogens is 3. The van der Waals surface area contributed by atoms with Gasteiger partial charge in [-0.2, -0.15) is 4.98 Å². The summed E-state index contributed by atoms with van der Waals surface area (Å²) in [7, 11) is 0. The van der Waals surface area contributed by atoms with Crippen molar-refractivity contribution in [2.24, 2.45) is 0 Å². The maximum Gasteiger partial charge on any atom is 0.239 e. The van der Waals surface area contributed by atoms with Gasteiger partial charge in [0.15, 0.2) is 0 Å². The van der Waals surface area contributed by atoms with Gasteiger partial charge in [-0.25, -0.2) is 0 Å². The van der Waals surface area contributed by atoms with Gasteiger partial charge >= 0.3 is 0 Å². The average Bonchev–Trinajstić information content (AvgIpc) is 2.94. The number of nitrogens with one attached hydrogen (secondary N) is 1. The van der Waals surface area contributed by atoms with Crippen LogP contribution >= 0.6 is 0 Å². The van der Waals surface area contributed by atoms with Gasteiger partial charge in [-0.1, -0.05) is 30.3 Å². The number of aromatic amines is 1. The topological polar surface area (TPSA) is 67.6 Å². The number of nitrogens with two attached hydrogens (primary N) is 1. The highest BCUT2D eigenvalue weighted by molar-refractivity contribution is 5.28. The summed E-state index contributed by atoms with van der Waals surface area (Å²) in [6.07, 6.45) is 3.34. The number of H-pyrrole nitrogens is 1. The zero-order chi connectivity index (χ0) is 11.0. The van der Waals surface area contributed by atoms with Gasteiger partial charge in [-0.3, -0.25) is 5.10 Å². The molecule has 2 aromatic rings. The van der Waals surface area contributed by atoms with Gasteiger partial charge in [0.2, 0.25) is 5.95 Å². The van der Waals surface area contributed by atoms with Crippen LogP contribution in [-0.2, 0) is 11.8 Å². The molecule has 0 atom stereocenters. The van der Waals surface area contributed by atoms with Crippen molar-refractivity contribution in [3.63, 3.8) is 0 Å². The first-order valence-electron chi connectivity index (χ1n) is 5.51. The van der Waals surface area contributed by atoms with E-state index in [-0.39, 0.29) is 5.41 Å². The van der Waals surface area contributed by atoms with Gasteiger partial charge in [0.05, 0.1) is 0 Å². The number of nitrogen functional groups attached to an aromatic ring is 1. The van der Waals surface area contributed by atoms with E-state index in [2.05, 4.69) is 39.4 Å². The number of hydrogen-bond donors (Lipinski definition) is 2. The Bertz CT molecular complexity index is 485. The van der Waals surface area contributed by atoms with E-state index in [9.17, 15) is 0 Å². The molecule has 3 rings (SSSR count). The normalized spacial score (nSPS) is 17.2. The molecule has 1 heterocycles. The molecule has 0 aliphatic heterocycles. The Labute approximate surface area is 93.9 Å². The highest BCUT2D eigenvalue weighted by atomic mass is 15.3. The van der Waals surface area contributed by atoms with Gasteiger partial charge in [-0.05, 0) is 24.8 Å². The Hall–Kier alpha value is -1.84. The lowest BCUT2D eigenvalue weighted by molar-refractivity contribution is 0.637. The number of anilines is 1. The summed E-state index contributed by atoms with van der Waals surface area (Å²) in [5.74, 6) is 1.28. The Kier molecular flexibility index (Phi) is 1.96. The molecule has 1 aliphatic rings. The summed E-state index contributed by atoms with van der Waals surface area (Å²) in [5, 5.41) is 6.85. The maximum atomic E-state index is 5.54. The van der Waals surface area contributed by atoms with Crippen molar-refractivity contribution in [1.82, 2.24) is 15.2 Å². The summed E-state index contributed by atoms with van der Waals surface area (Å²) >= 11 is 0. The molecular formula is C12H14N4. The quantitative estimate of drug-likeness (QED) is 0.816. The van der Waals surface area contributed by atoms with Crippen LogP contribution in [0, 0.1) is 0 Å². The molecule has 1 saturated carbocycles. The van der Waals surface area contributed by atoms with Gasteiger partial charge in [0.1, 0.15) is 5.82 Å². The summed E-state index contributed by atoms with van der Waals surface area (Å²) in [6.45, 7) is 0. The third-order valence-electron chi connectivity index (χ3n) is 3.24. The molecule has 4 heteroatoms. The Morgan fingerprint density at radius 2 is 2.00 bits per heavy atom. The molecule has 82 valence electrons. The lowest BCUT2D eigenvalue weighted by atomic mass is 9.96. The molecule has 3 N–H and O–H groups in total. The first-order valence-corrected chi connectivity index (χ1v) is 5.51. The number of rotatable bonds is 3. The monoisotopic (exact) mass is 214 g/mol. The first-order chi connectivity index (χ1) is 7.78. The third kappa shape index (κ3) is 1.56. The Morgan fingerprint density at radius 3 is 2.56 bits per heavy atom. The van der Waals surface area contributed by atoms with Crippen LogP contribution in [0.4, 0.5) is 5.95 Å². The van der Waals surface area contributed by atoms with Crippen LogP contribution in [0.1, 0.15) is 24.2 Å². The van der Waals surface area contributed by atoms with Crippen LogP contribution in [0.25, 0.3) is 0 Å². The molecule has 1 aromatic carbocycles. The zero-order valence-electron chi connectivity index (χ0n) is 8.98. The fourth-order valence-corrected chi connectivity index (χ4v) is 2.15. The van der Waals surface area contributed by atoms with E-state index < -0.39 is 0 Å². The van der Waals surface area contributed by atoms with E-state index in [4.69, 9.17) is 5.73 Å². The smallest absolute Gasteiger partial charge is 0.239 e. The highest BCUT2D eigenvalue weighted by Gasteiger charge is 2.47. The van der Waals surface area contributed by atoms with Gasteiger partial charge < -0.3 is 5.73 Å². The van der Waals surface area contributed by atoms with Crippen LogP contribution in [0.15, 0.2) is 30.3 Å². The van der Waals surface area contributed by atoms with Crippen LogP contribution in [-0.4, -0.2) is 15.2 Å². The Morgan fingerprint density at radius 1 is 1.25 bits per heavy atom. The fourth-order valence-electron chi connectivity index (χ4n) is 2.15. The van der Waals surface area contributed by atoms with Crippen LogP contribution < -0.4 is 5.73 Å². The van der Waals surface area contributed by atoms with E-state index in [0.717, 1.165) is 25.1 Å². The van der Waals surface area contributed by atoms with Crippen LogP contribution in [0.2, 0.25) is 0 Å². The minimum Gasteiger partial charge on any atom is -0.367 e. The van der Waals surface area contributed by atoms with Gasteiger partial charge in [-0.15, -0.1) is 5.10 Å². The minimum absolute atomic E-state index is 0.159. The van der Waals surface area contributed by atoms with E-state index in [1.807, 2.05) is 6.07 Å². The first kappa shape index (κ1) is 9.39. The second-order valence-corrected chi connectivity index (χ2v) is 4.48. The van der Waals surface area contributed by atoms with Crippen LogP contribution in [0.3, 0.4) is 0 Å². The zero-order valence-corrected chi connectivity index (χ0v) is 8.98. The molecule has 1 aromatic heterocycles. The third-order valence-corrected chi connectivity index (χ3v) is 3.24. The largest absolute Gasteiger partial charge is 0.367 e. The second kappa shape index (κ2) is 3.33. The van der Waals surface area contributed by atoms with Crippen molar-refractivity contribution < 1.29 is 0 Å². The summed E-state index contributed by atoms with van der Waals surface area (Å²) in [5.41, 5.74) is 7.04. The SMILES string of the molecule is Nc1n[nH]c(C2(Cc3ccccc3)CC2)n1. The average molecular weight is 214 g/mol. The lowest BCUT2D eigenvalue weighted by Crippen LogP contribution is -2.12. The number of nitrogens with zero attached hydrogens (tertiary/aromatic N) is 2. The fraction of sp³-hybridized carbons (Fsp3) is 0.333. The summed E-state index contributed by atoms with van der Waals surface area (Å²) in [6, 6.07) is 10.5. The molecular weight excluding hydrogens is 200 g/mol. The van der Waals surface area contributed by atoms with Crippen molar-refractivity contribution in [2.45, 2.75) is 24.7 Å². The van der Waals surface area contributed by atoms with Gasteiger partial charge in [0.25, 0.3) is 0 Å². The molecule has 0 saturated heterocycles. The van der Waals surface area contributed by atoms with Crippen molar-refractivity contribution in [2.75, 3.05) is 5.73 Å². The molecule has 1 aliphatic carbocycles. The molecule has 1 fully saturated rings. The highest BCUT2D eigenvalue weighted by Crippen LogP contribution is 2.49. The molecule has 4 nitrogen and oxygen atoms in total. The van der Waals surface area contributed by atoms with Crippen molar-refractivity contribution in [3.8, 4) is 0 Å². The summed E-state index contributed by atoms with van der Waals surface area (Å²) in [4.78, 5) is 4.25. The van der Waals surface area contributed by atoms with E-state index >= 15 is 0 Å². The molecule has 0 bridgehead atoms.